The molecule has 3 N–H and O–H groups in total. The van der Waals surface area contributed by atoms with Crippen LogP contribution in [0, 0.1) is 5.82 Å². The molecule has 0 heterocycles. The summed E-state index contributed by atoms with van der Waals surface area (Å²) in [6.07, 6.45) is 1.43. The van der Waals surface area contributed by atoms with Crippen LogP contribution in [0.3, 0.4) is 0 Å². The molecule has 0 aromatic heterocycles. The summed E-state index contributed by atoms with van der Waals surface area (Å²) in [5.74, 6) is -1.52. The van der Waals surface area contributed by atoms with Crippen molar-refractivity contribution in [2.45, 2.75) is 19.8 Å². The molecule has 29 heavy (non-hydrogen) atoms. The molecule has 0 bridgehead atoms. The first-order chi connectivity index (χ1) is 13.9. The maximum atomic E-state index is 13.1. The predicted molar refractivity (Wildman–Crippen MR) is 111 cm³/mol. The molecule has 148 valence electrons. The van der Waals surface area contributed by atoms with Gasteiger partial charge in [0.2, 0.25) is 5.91 Å². The Morgan fingerprint density at radius 1 is 0.897 bits per heavy atom. The first-order valence-electron chi connectivity index (χ1n) is 9.16. The van der Waals surface area contributed by atoms with E-state index < -0.39 is 5.97 Å². The van der Waals surface area contributed by atoms with Crippen molar-refractivity contribution in [1.82, 2.24) is 0 Å². The summed E-state index contributed by atoms with van der Waals surface area (Å²) in [5, 5.41) is 15.3. The predicted octanol–water partition coefficient (Wildman–Crippen LogP) is 5.01. The summed E-state index contributed by atoms with van der Waals surface area (Å²) in [6.45, 7) is 1.46. The van der Waals surface area contributed by atoms with Gasteiger partial charge in [0.1, 0.15) is 5.82 Å². The summed E-state index contributed by atoms with van der Waals surface area (Å²) in [5.41, 5.74) is 3.97. The molecule has 0 saturated heterocycles. The molecule has 0 radical (unpaired) electrons. The van der Waals surface area contributed by atoms with Crippen molar-refractivity contribution in [1.29, 1.82) is 0 Å². The fraction of sp³-hybridized carbons (Fsp3) is 0.130. The lowest BCUT2D eigenvalue weighted by Gasteiger charge is -2.12. The largest absolute Gasteiger partial charge is 0.478 e. The smallest absolute Gasteiger partial charge is 0.337 e. The molecule has 3 aromatic rings. The van der Waals surface area contributed by atoms with Gasteiger partial charge in [-0.25, -0.2) is 9.18 Å². The Hall–Kier alpha value is -3.67. The number of hydrogen-bond acceptors (Lipinski definition) is 3. The standard InChI is InChI=1S/C23H21FN2O3/c1-15(27)25-20-4-2-3-16(13-20)5-6-17-7-12-21(23(28)29)22(14-17)26-19-10-8-18(24)9-11-19/h2-4,7-14,26H,5-6H2,1H3,(H,25,27)(H,28,29). The van der Waals surface area contributed by atoms with E-state index in [0.717, 1.165) is 23.2 Å². The number of nitrogens with one attached hydrogen (secondary N) is 2. The summed E-state index contributed by atoms with van der Waals surface area (Å²) in [4.78, 5) is 22.8. The van der Waals surface area contributed by atoms with Crippen LogP contribution in [-0.4, -0.2) is 17.0 Å². The summed E-state index contributed by atoms with van der Waals surface area (Å²) >= 11 is 0. The van der Waals surface area contributed by atoms with E-state index in [1.165, 1.54) is 19.1 Å². The fourth-order valence-corrected chi connectivity index (χ4v) is 3.02. The van der Waals surface area contributed by atoms with Gasteiger partial charge in [-0.15, -0.1) is 0 Å². The van der Waals surface area contributed by atoms with Gasteiger partial charge in [0.15, 0.2) is 0 Å². The van der Waals surface area contributed by atoms with Gasteiger partial charge in [0, 0.05) is 18.3 Å². The Morgan fingerprint density at radius 3 is 2.24 bits per heavy atom. The zero-order chi connectivity index (χ0) is 20.8. The van der Waals surface area contributed by atoms with E-state index in [2.05, 4.69) is 10.6 Å². The highest BCUT2D eigenvalue weighted by Gasteiger charge is 2.11. The van der Waals surface area contributed by atoms with Gasteiger partial charge in [-0.1, -0.05) is 18.2 Å². The Labute approximate surface area is 168 Å². The van der Waals surface area contributed by atoms with Gasteiger partial charge < -0.3 is 15.7 Å². The first-order valence-corrected chi connectivity index (χ1v) is 9.16. The maximum Gasteiger partial charge on any atom is 0.337 e. The van der Waals surface area contributed by atoms with E-state index in [0.29, 0.717) is 17.8 Å². The molecule has 0 aliphatic rings. The third-order valence-corrected chi connectivity index (χ3v) is 4.39. The average Bonchev–Trinajstić information content (AvgIpc) is 2.68. The van der Waals surface area contributed by atoms with Crippen LogP contribution in [0.5, 0.6) is 0 Å². The molecule has 0 spiro atoms. The number of aromatic carboxylic acids is 1. The number of amides is 1. The molecule has 6 heteroatoms. The fourth-order valence-electron chi connectivity index (χ4n) is 3.02. The molecule has 0 saturated carbocycles. The number of carbonyl (C=O) groups is 2. The number of carboxylic acid groups (broad SMARTS) is 1. The highest BCUT2D eigenvalue weighted by atomic mass is 19.1. The monoisotopic (exact) mass is 392 g/mol. The van der Waals surface area contributed by atoms with Crippen LogP contribution >= 0.6 is 0 Å². The van der Waals surface area contributed by atoms with Gasteiger partial charge in [-0.05, 0) is 72.5 Å². The quantitative estimate of drug-likeness (QED) is 0.528. The zero-order valence-corrected chi connectivity index (χ0v) is 15.9. The van der Waals surface area contributed by atoms with E-state index in [-0.39, 0.29) is 17.3 Å². The number of benzene rings is 3. The SMILES string of the molecule is CC(=O)Nc1cccc(CCc2ccc(C(=O)O)c(Nc3ccc(F)cc3)c2)c1. The van der Waals surface area contributed by atoms with Crippen LogP contribution in [0.4, 0.5) is 21.5 Å². The third kappa shape index (κ3) is 5.65. The van der Waals surface area contributed by atoms with Crippen molar-refractivity contribution in [2.75, 3.05) is 10.6 Å². The van der Waals surface area contributed by atoms with Crippen molar-refractivity contribution in [3.8, 4) is 0 Å². The lowest BCUT2D eigenvalue weighted by atomic mass is 10.0. The number of anilines is 3. The molecule has 3 aromatic carbocycles. The number of carboxylic acids is 1. The molecule has 0 unspecified atom stereocenters. The number of hydrogen-bond donors (Lipinski definition) is 3. The topological polar surface area (TPSA) is 78.4 Å². The minimum absolute atomic E-state index is 0.122. The number of halogens is 1. The minimum Gasteiger partial charge on any atom is -0.478 e. The lowest BCUT2D eigenvalue weighted by molar-refractivity contribution is -0.114. The van der Waals surface area contributed by atoms with Gasteiger partial charge in [-0.2, -0.15) is 0 Å². The van der Waals surface area contributed by atoms with Gasteiger partial charge in [-0.3, -0.25) is 4.79 Å². The summed E-state index contributed by atoms with van der Waals surface area (Å²) < 4.78 is 13.1. The zero-order valence-electron chi connectivity index (χ0n) is 15.9. The number of carbonyl (C=O) groups excluding carboxylic acids is 1. The lowest BCUT2D eigenvalue weighted by Crippen LogP contribution is -2.06. The second-order valence-corrected chi connectivity index (χ2v) is 6.70. The van der Waals surface area contributed by atoms with E-state index in [4.69, 9.17) is 0 Å². The van der Waals surface area contributed by atoms with Gasteiger partial charge in [0.25, 0.3) is 0 Å². The Bertz CT molecular complexity index is 1030. The third-order valence-electron chi connectivity index (χ3n) is 4.39. The van der Waals surface area contributed by atoms with Gasteiger partial charge >= 0.3 is 5.97 Å². The normalized spacial score (nSPS) is 10.4. The van der Waals surface area contributed by atoms with Crippen LogP contribution in [0.1, 0.15) is 28.4 Å². The van der Waals surface area contributed by atoms with Crippen LogP contribution in [0.25, 0.3) is 0 Å². The molecule has 1 amide bonds. The van der Waals surface area contributed by atoms with E-state index in [1.807, 2.05) is 24.3 Å². The second-order valence-electron chi connectivity index (χ2n) is 6.70. The molecular formula is C23H21FN2O3. The molecule has 0 atom stereocenters. The van der Waals surface area contributed by atoms with E-state index >= 15 is 0 Å². The van der Waals surface area contributed by atoms with Crippen LogP contribution in [0.2, 0.25) is 0 Å². The molecular weight excluding hydrogens is 371 g/mol. The van der Waals surface area contributed by atoms with Crippen molar-refractivity contribution >= 4 is 28.9 Å². The molecule has 5 nitrogen and oxygen atoms in total. The number of aryl methyl sites for hydroxylation is 2. The van der Waals surface area contributed by atoms with Gasteiger partial charge in [0.05, 0.1) is 11.3 Å². The maximum absolute atomic E-state index is 13.1. The highest BCUT2D eigenvalue weighted by molar-refractivity contribution is 5.95. The summed E-state index contributed by atoms with van der Waals surface area (Å²) in [7, 11) is 0. The van der Waals surface area contributed by atoms with Crippen molar-refractivity contribution in [2.24, 2.45) is 0 Å². The number of rotatable bonds is 7. The molecule has 0 fully saturated rings. The summed E-state index contributed by atoms with van der Waals surface area (Å²) in [6, 6.07) is 18.5. The van der Waals surface area contributed by atoms with Crippen LogP contribution in [-0.2, 0) is 17.6 Å². The Morgan fingerprint density at radius 2 is 1.59 bits per heavy atom. The average molecular weight is 392 g/mol. The Balaban J connectivity index is 1.77. The highest BCUT2D eigenvalue weighted by Crippen LogP contribution is 2.24. The van der Waals surface area contributed by atoms with Crippen molar-refractivity contribution < 1.29 is 19.1 Å². The first kappa shape index (κ1) is 20.1. The molecule has 0 aliphatic carbocycles. The molecule has 3 rings (SSSR count). The van der Waals surface area contributed by atoms with Crippen LogP contribution < -0.4 is 10.6 Å². The Kier molecular flexibility index (Phi) is 6.24. The molecule has 0 aliphatic heterocycles. The van der Waals surface area contributed by atoms with E-state index in [1.54, 1.807) is 30.3 Å². The van der Waals surface area contributed by atoms with Crippen molar-refractivity contribution in [3.63, 3.8) is 0 Å². The van der Waals surface area contributed by atoms with Crippen LogP contribution in [0.15, 0.2) is 66.7 Å². The second kappa shape index (κ2) is 9.01. The van der Waals surface area contributed by atoms with E-state index in [9.17, 15) is 19.1 Å². The van der Waals surface area contributed by atoms with Crippen molar-refractivity contribution in [3.05, 3.63) is 89.2 Å². The minimum atomic E-state index is -1.04.